The maximum Gasteiger partial charge on any atom is 0.273 e. The lowest BCUT2D eigenvalue weighted by Gasteiger charge is -2.27. The van der Waals surface area contributed by atoms with E-state index in [0.29, 0.717) is 18.8 Å². The van der Waals surface area contributed by atoms with E-state index < -0.39 is 17.9 Å². The van der Waals surface area contributed by atoms with Crippen LogP contribution in [0, 0.1) is 5.92 Å². The number of hydrogen-bond acceptors (Lipinski definition) is 7. The van der Waals surface area contributed by atoms with Gasteiger partial charge >= 0.3 is 0 Å². The molecule has 2 aromatic carbocycles. The largest absolute Gasteiger partial charge is 0.367 e. The average molecular weight is 545 g/mol. The van der Waals surface area contributed by atoms with E-state index in [1.807, 2.05) is 55.5 Å². The number of hydrogen-bond donors (Lipinski definition) is 3. The molecule has 38 heavy (non-hydrogen) atoms. The van der Waals surface area contributed by atoms with Crippen molar-refractivity contribution >= 4 is 23.9 Å². The lowest BCUT2D eigenvalue weighted by molar-refractivity contribution is -0.151. The second-order valence-electron chi connectivity index (χ2n) is 9.77. The van der Waals surface area contributed by atoms with Gasteiger partial charge in [0.05, 0.1) is 5.92 Å². The topological polar surface area (TPSA) is 106 Å². The van der Waals surface area contributed by atoms with Gasteiger partial charge in [-0.15, -0.1) is 4.33 Å². The summed E-state index contributed by atoms with van der Waals surface area (Å²) in [4.78, 5) is 31.3. The molecule has 0 saturated carbocycles. The number of aryl methyl sites for hydroxylation is 1. The number of nitrogens with one attached hydrogen (secondary N) is 2. The van der Waals surface area contributed by atoms with Crippen LogP contribution in [0.3, 0.4) is 0 Å². The number of hydroxylamine groups is 1. The summed E-state index contributed by atoms with van der Waals surface area (Å²) in [6, 6.07) is 19.4. The van der Waals surface area contributed by atoms with Gasteiger partial charge in [0, 0.05) is 29.9 Å². The summed E-state index contributed by atoms with van der Waals surface area (Å²) in [6.45, 7) is 2.29. The average Bonchev–Trinajstić information content (AvgIpc) is 2.93. The third-order valence-electron chi connectivity index (χ3n) is 6.71. The van der Waals surface area contributed by atoms with Crippen molar-refractivity contribution in [1.29, 1.82) is 0 Å². The van der Waals surface area contributed by atoms with Gasteiger partial charge < -0.3 is 14.9 Å². The fourth-order valence-electron chi connectivity index (χ4n) is 4.62. The van der Waals surface area contributed by atoms with E-state index in [-0.39, 0.29) is 17.2 Å². The highest BCUT2D eigenvalue weighted by molar-refractivity contribution is 7.95. The van der Waals surface area contributed by atoms with Crippen LogP contribution in [0.5, 0.6) is 5.75 Å². The van der Waals surface area contributed by atoms with Crippen LogP contribution in [-0.4, -0.2) is 41.0 Å². The third kappa shape index (κ3) is 10.6. The zero-order valence-electron chi connectivity index (χ0n) is 22.1. The van der Waals surface area contributed by atoms with Crippen molar-refractivity contribution in [1.82, 2.24) is 10.8 Å². The van der Waals surface area contributed by atoms with Crippen molar-refractivity contribution in [3.8, 4) is 5.75 Å². The molecule has 1 heterocycles. The molecule has 208 valence electrons. The Kier molecular flexibility index (Phi) is 13.5. The predicted octanol–water partition coefficient (Wildman–Crippen LogP) is 5.40. The molecule has 1 fully saturated rings. The first-order valence-corrected chi connectivity index (χ1v) is 14.3. The van der Waals surface area contributed by atoms with Gasteiger partial charge in [-0.05, 0) is 76.0 Å². The number of rotatable bonds is 9. The standard InChI is InChI=1S/C29H40N2O6S/c1-22-12-10-19-25(38-37-36-24-16-6-3-7-17-24)18-8-9-21-35-27(29(33)31-34)26(28(32)30-22)20-11-15-23-13-4-2-5-14-23/h2-7,13-14,16-17,22,25-27,34H,8-12,15,18-21H2,1H3,(H,30,32)(H,31,33)/t22-,25?,26?,27?/m1/s1. The van der Waals surface area contributed by atoms with Gasteiger partial charge in [0.2, 0.25) is 5.91 Å². The van der Waals surface area contributed by atoms with E-state index in [2.05, 4.69) is 17.4 Å². The maximum absolute atomic E-state index is 13.3. The van der Waals surface area contributed by atoms with Crippen LogP contribution in [0.2, 0.25) is 0 Å². The molecular weight excluding hydrogens is 504 g/mol. The molecule has 4 atom stereocenters. The molecule has 3 rings (SSSR count). The van der Waals surface area contributed by atoms with Crippen LogP contribution in [0.1, 0.15) is 63.9 Å². The van der Waals surface area contributed by atoms with Gasteiger partial charge in [0.15, 0.2) is 5.75 Å². The Morgan fingerprint density at radius 1 is 1.05 bits per heavy atom. The summed E-state index contributed by atoms with van der Waals surface area (Å²) in [5.74, 6) is -0.952. The first-order valence-electron chi connectivity index (χ1n) is 13.5. The summed E-state index contributed by atoms with van der Waals surface area (Å²) in [6.07, 6.45) is 6.09. The van der Waals surface area contributed by atoms with Gasteiger partial charge in [0.25, 0.3) is 5.91 Å². The van der Waals surface area contributed by atoms with Gasteiger partial charge in [-0.2, -0.15) is 0 Å². The molecule has 8 nitrogen and oxygen atoms in total. The smallest absolute Gasteiger partial charge is 0.273 e. The van der Waals surface area contributed by atoms with Crippen molar-refractivity contribution in [2.45, 2.75) is 82.1 Å². The lowest BCUT2D eigenvalue weighted by atomic mass is 9.92. The van der Waals surface area contributed by atoms with Gasteiger partial charge in [-0.1, -0.05) is 55.0 Å². The van der Waals surface area contributed by atoms with E-state index in [9.17, 15) is 14.8 Å². The zero-order chi connectivity index (χ0) is 27.0. The molecule has 0 aromatic heterocycles. The minimum absolute atomic E-state index is 0.0629. The summed E-state index contributed by atoms with van der Waals surface area (Å²) >= 11 is 1.32. The Bertz CT molecular complexity index is 949. The molecule has 0 radical (unpaired) electrons. The summed E-state index contributed by atoms with van der Waals surface area (Å²) < 4.78 is 11.4. The van der Waals surface area contributed by atoms with Crippen LogP contribution >= 0.6 is 12.0 Å². The molecule has 0 spiro atoms. The van der Waals surface area contributed by atoms with Gasteiger partial charge in [0.1, 0.15) is 6.10 Å². The normalized spacial score (nSPS) is 23.6. The van der Waals surface area contributed by atoms with Crippen LogP contribution in [0.15, 0.2) is 60.7 Å². The van der Waals surface area contributed by atoms with Crippen molar-refractivity contribution in [3.05, 3.63) is 66.2 Å². The Morgan fingerprint density at radius 3 is 2.50 bits per heavy atom. The molecule has 1 aliphatic heterocycles. The monoisotopic (exact) mass is 544 g/mol. The zero-order valence-corrected chi connectivity index (χ0v) is 22.9. The first kappa shape index (κ1) is 30.0. The second kappa shape index (κ2) is 17.1. The molecule has 0 aliphatic carbocycles. The number of amides is 2. The maximum atomic E-state index is 13.3. The molecule has 2 amide bonds. The van der Waals surface area contributed by atoms with E-state index in [4.69, 9.17) is 14.0 Å². The van der Waals surface area contributed by atoms with Crippen LogP contribution in [0.4, 0.5) is 0 Å². The minimum atomic E-state index is -1.06. The molecule has 0 bridgehead atoms. The summed E-state index contributed by atoms with van der Waals surface area (Å²) in [7, 11) is 0. The van der Waals surface area contributed by atoms with Gasteiger partial charge in [-0.3, -0.25) is 14.8 Å². The number of carbonyl (C=O) groups excluding carboxylic acids is 2. The molecule has 1 saturated heterocycles. The molecule has 1 aliphatic rings. The minimum Gasteiger partial charge on any atom is -0.367 e. The van der Waals surface area contributed by atoms with Crippen LogP contribution < -0.4 is 15.7 Å². The second-order valence-corrected chi connectivity index (χ2v) is 10.8. The fourth-order valence-corrected chi connectivity index (χ4v) is 5.37. The Balaban J connectivity index is 1.58. The van der Waals surface area contributed by atoms with Crippen LogP contribution in [0.25, 0.3) is 0 Å². The highest BCUT2D eigenvalue weighted by Gasteiger charge is 2.35. The number of para-hydroxylation sites is 1. The molecule has 9 heteroatoms. The Labute approximate surface area is 229 Å². The van der Waals surface area contributed by atoms with Crippen molar-refractivity contribution in [2.24, 2.45) is 5.92 Å². The van der Waals surface area contributed by atoms with Crippen molar-refractivity contribution < 1.29 is 28.8 Å². The van der Waals surface area contributed by atoms with Crippen LogP contribution in [-0.2, 0) is 25.1 Å². The predicted molar refractivity (Wildman–Crippen MR) is 147 cm³/mol. The van der Waals surface area contributed by atoms with E-state index in [1.54, 1.807) is 5.48 Å². The number of ether oxygens (including phenoxy) is 1. The molecule has 3 N–H and O–H groups in total. The third-order valence-corrected chi connectivity index (χ3v) is 7.60. The fraction of sp³-hybridized carbons (Fsp3) is 0.517. The number of benzene rings is 2. The Morgan fingerprint density at radius 2 is 1.76 bits per heavy atom. The summed E-state index contributed by atoms with van der Waals surface area (Å²) in [5.41, 5.74) is 2.88. The van der Waals surface area contributed by atoms with Gasteiger partial charge in [-0.25, -0.2) is 5.48 Å². The van der Waals surface area contributed by atoms with Crippen molar-refractivity contribution in [2.75, 3.05) is 6.61 Å². The first-order chi connectivity index (χ1) is 18.6. The lowest BCUT2D eigenvalue weighted by Crippen LogP contribution is -2.48. The summed E-state index contributed by atoms with van der Waals surface area (Å²) in [5, 5.41) is 12.7. The molecule has 3 unspecified atom stereocenters. The highest BCUT2D eigenvalue weighted by Crippen LogP contribution is 2.26. The quantitative estimate of drug-likeness (QED) is 0.168. The molecule has 2 aromatic rings. The SMILES string of the molecule is C[C@@H]1CCCC(SOOc2ccccc2)CCCCOC(C(=O)NO)C(CCCc2ccccc2)C(=O)N1. The van der Waals surface area contributed by atoms with E-state index >= 15 is 0 Å². The highest BCUT2D eigenvalue weighted by atomic mass is 32.2. The number of carbonyl (C=O) groups is 2. The Hall–Kier alpha value is -2.59. The van der Waals surface area contributed by atoms with E-state index in [1.165, 1.54) is 17.6 Å². The molecular formula is C29H40N2O6S. The van der Waals surface area contributed by atoms with E-state index in [0.717, 1.165) is 51.4 Å². The van der Waals surface area contributed by atoms with Crippen molar-refractivity contribution in [3.63, 3.8) is 0 Å².